The zero-order valence-corrected chi connectivity index (χ0v) is 8.99. The van der Waals surface area contributed by atoms with E-state index in [2.05, 4.69) is 0 Å². The SMILES string of the molecule is CC(C)[C@@H]1CC(=O)[C@@H](C)[C@@H](C(=O)O)C1. The number of aliphatic carboxylic acids is 1. The first-order chi connectivity index (χ1) is 6.43. The molecule has 3 nitrogen and oxygen atoms in total. The van der Waals surface area contributed by atoms with Crippen LogP contribution in [0, 0.1) is 23.7 Å². The summed E-state index contributed by atoms with van der Waals surface area (Å²) in [6, 6.07) is 0. The van der Waals surface area contributed by atoms with E-state index in [9.17, 15) is 9.59 Å². The summed E-state index contributed by atoms with van der Waals surface area (Å²) >= 11 is 0. The lowest BCUT2D eigenvalue weighted by Gasteiger charge is -2.32. The van der Waals surface area contributed by atoms with Gasteiger partial charge in [0.15, 0.2) is 0 Å². The van der Waals surface area contributed by atoms with Crippen molar-refractivity contribution in [1.29, 1.82) is 0 Å². The molecule has 1 rings (SSSR count). The van der Waals surface area contributed by atoms with Gasteiger partial charge in [0, 0.05) is 12.3 Å². The maximum Gasteiger partial charge on any atom is 0.307 e. The molecule has 14 heavy (non-hydrogen) atoms. The predicted octanol–water partition coefficient (Wildman–Crippen LogP) is 1.96. The maximum atomic E-state index is 11.6. The highest BCUT2D eigenvalue weighted by molar-refractivity contribution is 5.87. The van der Waals surface area contributed by atoms with E-state index in [1.54, 1.807) is 6.92 Å². The minimum Gasteiger partial charge on any atom is -0.481 e. The number of ketones is 1. The van der Waals surface area contributed by atoms with Crippen molar-refractivity contribution in [2.45, 2.75) is 33.6 Å². The molecule has 0 aromatic heterocycles. The van der Waals surface area contributed by atoms with Gasteiger partial charge in [-0.1, -0.05) is 20.8 Å². The van der Waals surface area contributed by atoms with Crippen LogP contribution in [0.5, 0.6) is 0 Å². The summed E-state index contributed by atoms with van der Waals surface area (Å²) in [5.74, 6) is -0.835. The maximum absolute atomic E-state index is 11.6. The molecule has 80 valence electrons. The first kappa shape index (κ1) is 11.2. The van der Waals surface area contributed by atoms with Crippen molar-refractivity contribution in [3.05, 3.63) is 0 Å². The fraction of sp³-hybridized carbons (Fsp3) is 0.818. The molecule has 0 aromatic rings. The molecule has 1 N–H and O–H groups in total. The van der Waals surface area contributed by atoms with E-state index >= 15 is 0 Å². The van der Waals surface area contributed by atoms with Crippen molar-refractivity contribution in [2.75, 3.05) is 0 Å². The van der Waals surface area contributed by atoms with Gasteiger partial charge in [0.05, 0.1) is 5.92 Å². The number of rotatable bonds is 2. The Labute approximate surface area is 84.5 Å². The third-order valence-corrected chi connectivity index (χ3v) is 3.39. The predicted molar refractivity (Wildman–Crippen MR) is 52.9 cm³/mol. The van der Waals surface area contributed by atoms with Gasteiger partial charge in [-0.05, 0) is 18.3 Å². The van der Waals surface area contributed by atoms with Crippen LogP contribution in [0.25, 0.3) is 0 Å². The Kier molecular flexibility index (Phi) is 3.29. The van der Waals surface area contributed by atoms with Crippen LogP contribution < -0.4 is 0 Å². The molecule has 0 aromatic carbocycles. The van der Waals surface area contributed by atoms with Gasteiger partial charge in [0.1, 0.15) is 5.78 Å². The van der Waals surface area contributed by atoms with Gasteiger partial charge in [-0.2, -0.15) is 0 Å². The Bertz CT molecular complexity index is 245. The van der Waals surface area contributed by atoms with Crippen LogP contribution in [0.1, 0.15) is 33.6 Å². The molecular weight excluding hydrogens is 180 g/mol. The normalized spacial score (nSPS) is 33.4. The van der Waals surface area contributed by atoms with Gasteiger partial charge in [-0.3, -0.25) is 9.59 Å². The molecule has 1 fully saturated rings. The van der Waals surface area contributed by atoms with Crippen molar-refractivity contribution in [2.24, 2.45) is 23.7 Å². The van der Waals surface area contributed by atoms with Crippen LogP contribution in [0.3, 0.4) is 0 Å². The van der Waals surface area contributed by atoms with Crippen molar-refractivity contribution < 1.29 is 14.7 Å². The van der Waals surface area contributed by atoms with E-state index in [0.717, 1.165) is 0 Å². The number of carbonyl (C=O) groups is 2. The molecule has 0 heterocycles. The highest BCUT2D eigenvalue weighted by Gasteiger charge is 2.38. The van der Waals surface area contributed by atoms with Gasteiger partial charge in [-0.25, -0.2) is 0 Å². The molecule has 1 aliphatic carbocycles. The zero-order chi connectivity index (χ0) is 10.9. The number of carbonyl (C=O) groups excluding carboxylic acids is 1. The first-order valence-corrected chi connectivity index (χ1v) is 5.19. The fourth-order valence-electron chi connectivity index (χ4n) is 2.10. The molecule has 3 atom stereocenters. The summed E-state index contributed by atoms with van der Waals surface area (Å²) in [5.41, 5.74) is 0. The molecule has 0 aliphatic heterocycles. The van der Waals surface area contributed by atoms with E-state index in [0.29, 0.717) is 18.8 Å². The Morgan fingerprint density at radius 2 is 2.07 bits per heavy atom. The molecule has 0 spiro atoms. The largest absolute Gasteiger partial charge is 0.481 e. The summed E-state index contributed by atoms with van der Waals surface area (Å²) in [5, 5.41) is 8.97. The lowest BCUT2D eigenvalue weighted by Crippen LogP contribution is -2.37. The summed E-state index contributed by atoms with van der Waals surface area (Å²) < 4.78 is 0. The van der Waals surface area contributed by atoms with E-state index in [-0.39, 0.29) is 17.6 Å². The van der Waals surface area contributed by atoms with Gasteiger partial charge < -0.3 is 5.11 Å². The Morgan fingerprint density at radius 1 is 1.50 bits per heavy atom. The number of Topliss-reactive ketones (excluding diaryl/α,β-unsaturated/α-hetero) is 1. The molecule has 1 aliphatic rings. The number of hydrogen-bond acceptors (Lipinski definition) is 2. The summed E-state index contributed by atoms with van der Waals surface area (Å²) in [4.78, 5) is 22.5. The van der Waals surface area contributed by atoms with Gasteiger partial charge >= 0.3 is 5.97 Å². The number of hydrogen-bond donors (Lipinski definition) is 1. The summed E-state index contributed by atoms with van der Waals surface area (Å²) in [6.07, 6.45) is 1.21. The van der Waals surface area contributed by atoms with E-state index in [1.165, 1.54) is 0 Å². The monoisotopic (exact) mass is 198 g/mol. The average Bonchev–Trinajstić information content (AvgIpc) is 2.08. The lowest BCUT2D eigenvalue weighted by atomic mass is 9.70. The molecule has 1 saturated carbocycles. The Balaban J connectivity index is 2.76. The standard InChI is InChI=1S/C11H18O3/c1-6(2)8-4-9(11(13)14)7(3)10(12)5-8/h6-9H,4-5H2,1-3H3,(H,13,14)/t7-,8-,9-/m0/s1. The van der Waals surface area contributed by atoms with E-state index in [4.69, 9.17) is 5.11 Å². The van der Waals surface area contributed by atoms with Gasteiger partial charge in [0.2, 0.25) is 0 Å². The number of carboxylic acid groups (broad SMARTS) is 1. The highest BCUT2D eigenvalue weighted by Crippen LogP contribution is 2.35. The zero-order valence-electron chi connectivity index (χ0n) is 8.99. The minimum absolute atomic E-state index is 0.113. The third kappa shape index (κ3) is 2.14. The molecule has 0 unspecified atom stereocenters. The quantitative estimate of drug-likeness (QED) is 0.738. The molecule has 0 saturated heterocycles. The molecule has 3 heteroatoms. The van der Waals surface area contributed by atoms with Crippen molar-refractivity contribution >= 4 is 11.8 Å². The van der Waals surface area contributed by atoms with E-state index < -0.39 is 11.9 Å². The van der Waals surface area contributed by atoms with Gasteiger partial charge in [0.25, 0.3) is 0 Å². The van der Waals surface area contributed by atoms with Crippen LogP contribution in [0.2, 0.25) is 0 Å². The molecule has 0 bridgehead atoms. The number of carboxylic acids is 1. The molecular formula is C11H18O3. The average molecular weight is 198 g/mol. The first-order valence-electron chi connectivity index (χ1n) is 5.19. The Morgan fingerprint density at radius 3 is 2.50 bits per heavy atom. The second-order valence-electron chi connectivity index (χ2n) is 4.64. The van der Waals surface area contributed by atoms with Crippen molar-refractivity contribution in [1.82, 2.24) is 0 Å². The third-order valence-electron chi connectivity index (χ3n) is 3.39. The van der Waals surface area contributed by atoms with Crippen LogP contribution in [0.15, 0.2) is 0 Å². The van der Waals surface area contributed by atoms with Crippen molar-refractivity contribution in [3.63, 3.8) is 0 Å². The van der Waals surface area contributed by atoms with Crippen molar-refractivity contribution in [3.8, 4) is 0 Å². The topological polar surface area (TPSA) is 54.4 Å². The summed E-state index contributed by atoms with van der Waals surface area (Å²) in [6.45, 7) is 5.83. The fourth-order valence-corrected chi connectivity index (χ4v) is 2.10. The van der Waals surface area contributed by atoms with Crippen LogP contribution in [-0.4, -0.2) is 16.9 Å². The van der Waals surface area contributed by atoms with E-state index in [1.807, 2.05) is 13.8 Å². The smallest absolute Gasteiger partial charge is 0.307 e. The molecule has 0 radical (unpaired) electrons. The molecule has 0 amide bonds. The van der Waals surface area contributed by atoms with Gasteiger partial charge in [-0.15, -0.1) is 0 Å². The van der Waals surface area contributed by atoms with Crippen LogP contribution in [0.4, 0.5) is 0 Å². The Hall–Kier alpha value is -0.860. The van der Waals surface area contributed by atoms with Crippen LogP contribution in [-0.2, 0) is 9.59 Å². The second-order valence-corrected chi connectivity index (χ2v) is 4.64. The lowest BCUT2D eigenvalue weighted by molar-refractivity contribution is -0.150. The second kappa shape index (κ2) is 4.11. The highest BCUT2D eigenvalue weighted by atomic mass is 16.4. The summed E-state index contributed by atoms with van der Waals surface area (Å²) in [7, 11) is 0. The van der Waals surface area contributed by atoms with Crippen LogP contribution >= 0.6 is 0 Å². The minimum atomic E-state index is -0.823.